The zero-order chi connectivity index (χ0) is 13.3. The molecular formula is C11H23N3O2S. The fraction of sp³-hybridized carbons (Fsp3) is 0.818. The number of unbranched alkanes of at least 4 members (excludes halogenated alkanes) is 1. The van der Waals surface area contributed by atoms with Crippen LogP contribution >= 0.6 is 11.8 Å². The quantitative estimate of drug-likeness (QED) is 0.203. The van der Waals surface area contributed by atoms with E-state index in [0.717, 1.165) is 18.6 Å². The average Bonchev–Trinajstić information content (AvgIpc) is 2.36. The van der Waals surface area contributed by atoms with E-state index in [1.807, 2.05) is 6.92 Å². The number of nitrogens with two attached hydrogens (primary N) is 1. The van der Waals surface area contributed by atoms with Crippen molar-refractivity contribution >= 4 is 23.5 Å². The van der Waals surface area contributed by atoms with Crippen LogP contribution in [0.5, 0.6) is 0 Å². The summed E-state index contributed by atoms with van der Waals surface area (Å²) in [6.45, 7) is 4.15. The largest absolute Gasteiger partial charge is 0.409 e. The number of carbonyl (C=O) groups excluding carboxylic acids is 1. The van der Waals surface area contributed by atoms with Gasteiger partial charge in [-0.3, -0.25) is 4.79 Å². The van der Waals surface area contributed by atoms with Crippen LogP contribution < -0.4 is 11.1 Å². The fourth-order valence-corrected chi connectivity index (χ4v) is 1.83. The lowest BCUT2D eigenvalue weighted by molar-refractivity contribution is -0.127. The predicted octanol–water partition coefficient (Wildman–Crippen LogP) is 1.41. The molecular weight excluding hydrogens is 238 g/mol. The van der Waals surface area contributed by atoms with Crippen molar-refractivity contribution in [3.63, 3.8) is 0 Å². The van der Waals surface area contributed by atoms with Crippen LogP contribution in [0.3, 0.4) is 0 Å². The van der Waals surface area contributed by atoms with Crippen LogP contribution in [-0.2, 0) is 4.79 Å². The molecule has 1 unspecified atom stereocenters. The molecule has 0 saturated carbocycles. The number of rotatable bonds is 8. The van der Waals surface area contributed by atoms with Gasteiger partial charge in [-0.15, -0.1) is 0 Å². The molecule has 0 fully saturated rings. The van der Waals surface area contributed by atoms with Gasteiger partial charge in [0, 0.05) is 6.54 Å². The third-order valence-electron chi connectivity index (χ3n) is 2.94. The van der Waals surface area contributed by atoms with Gasteiger partial charge in [0.15, 0.2) is 5.84 Å². The van der Waals surface area contributed by atoms with Crippen molar-refractivity contribution in [1.29, 1.82) is 0 Å². The Labute approximate surface area is 107 Å². The molecule has 0 aromatic carbocycles. The van der Waals surface area contributed by atoms with Crippen LogP contribution in [0, 0.1) is 5.41 Å². The van der Waals surface area contributed by atoms with Gasteiger partial charge >= 0.3 is 0 Å². The number of hydrogen-bond acceptors (Lipinski definition) is 4. The molecule has 0 saturated heterocycles. The number of thioether (sulfide) groups is 1. The fourth-order valence-electron chi connectivity index (χ4n) is 1.34. The zero-order valence-corrected chi connectivity index (χ0v) is 11.6. The first-order valence-corrected chi connectivity index (χ1v) is 7.17. The summed E-state index contributed by atoms with van der Waals surface area (Å²) >= 11 is 1.79. The maximum atomic E-state index is 11.9. The maximum Gasteiger partial charge on any atom is 0.233 e. The van der Waals surface area contributed by atoms with Gasteiger partial charge in [-0.1, -0.05) is 12.1 Å². The minimum absolute atomic E-state index is 0.0402. The standard InChI is InChI=1S/C11H23N3O2S/c1-4-11(2,9(12)14-16)10(15)13-7-5-6-8-17-3/h16H,4-8H2,1-3H3,(H2,12,14)(H,13,15). The summed E-state index contributed by atoms with van der Waals surface area (Å²) in [5.41, 5.74) is 4.63. The third-order valence-corrected chi connectivity index (χ3v) is 3.64. The molecule has 100 valence electrons. The van der Waals surface area contributed by atoms with E-state index in [9.17, 15) is 4.79 Å². The van der Waals surface area contributed by atoms with Crippen molar-refractivity contribution in [2.75, 3.05) is 18.6 Å². The summed E-state index contributed by atoms with van der Waals surface area (Å²) in [6.07, 6.45) is 4.58. The monoisotopic (exact) mass is 261 g/mol. The van der Waals surface area contributed by atoms with Gasteiger partial charge in [0.05, 0.1) is 0 Å². The van der Waals surface area contributed by atoms with Gasteiger partial charge < -0.3 is 16.3 Å². The summed E-state index contributed by atoms with van der Waals surface area (Å²) in [7, 11) is 0. The van der Waals surface area contributed by atoms with Crippen LogP contribution in [0.25, 0.3) is 0 Å². The molecule has 0 aromatic heterocycles. The molecule has 0 aromatic rings. The number of amidine groups is 1. The van der Waals surface area contributed by atoms with Gasteiger partial charge in [0.2, 0.25) is 5.91 Å². The van der Waals surface area contributed by atoms with Gasteiger partial charge in [-0.05, 0) is 38.2 Å². The second-order valence-electron chi connectivity index (χ2n) is 4.13. The molecule has 0 spiro atoms. The second-order valence-corrected chi connectivity index (χ2v) is 5.11. The lowest BCUT2D eigenvalue weighted by Crippen LogP contribution is -2.47. The number of nitrogens with zero attached hydrogens (tertiary/aromatic N) is 1. The molecule has 6 heteroatoms. The minimum Gasteiger partial charge on any atom is -0.409 e. The highest BCUT2D eigenvalue weighted by Gasteiger charge is 2.35. The summed E-state index contributed by atoms with van der Waals surface area (Å²) in [6, 6.07) is 0. The van der Waals surface area contributed by atoms with Crippen molar-refractivity contribution in [3.05, 3.63) is 0 Å². The molecule has 1 amide bonds. The van der Waals surface area contributed by atoms with E-state index in [1.54, 1.807) is 18.7 Å². The van der Waals surface area contributed by atoms with Crippen molar-refractivity contribution in [1.82, 2.24) is 5.32 Å². The molecule has 0 rings (SSSR count). The smallest absolute Gasteiger partial charge is 0.233 e. The Morgan fingerprint density at radius 1 is 1.53 bits per heavy atom. The van der Waals surface area contributed by atoms with Crippen molar-refractivity contribution < 1.29 is 10.0 Å². The van der Waals surface area contributed by atoms with Crippen LogP contribution in [0.1, 0.15) is 33.1 Å². The first-order chi connectivity index (χ1) is 8.02. The summed E-state index contributed by atoms with van der Waals surface area (Å²) in [5, 5.41) is 14.4. The Hall–Kier alpha value is -0.910. The zero-order valence-electron chi connectivity index (χ0n) is 10.8. The molecule has 1 atom stereocenters. The van der Waals surface area contributed by atoms with Crippen molar-refractivity contribution in [3.8, 4) is 0 Å². The molecule has 0 radical (unpaired) electrons. The minimum atomic E-state index is -0.922. The normalized spacial score (nSPS) is 15.4. The highest BCUT2D eigenvalue weighted by Crippen LogP contribution is 2.21. The molecule has 0 bridgehead atoms. The van der Waals surface area contributed by atoms with Crippen LogP contribution in [0.15, 0.2) is 5.16 Å². The van der Waals surface area contributed by atoms with Crippen molar-refractivity contribution in [2.45, 2.75) is 33.1 Å². The topological polar surface area (TPSA) is 87.7 Å². The number of oxime groups is 1. The lowest BCUT2D eigenvalue weighted by atomic mass is 9.85. The lowest BCUT2D eigenvalue weighted by Gasteiger charge is -2.25. The molecule has 0 aliphatic heterocycles. The van der Waals surface area contributed by atoms with E-state index in [-0.39, 0.29) is 11.7 Å². The number of carbonyl (C=O) groups is 1. The SMILES string of the molecule is CCC(C)(C(=O)NCCCCSC)C(N)=NO. The Kier molecular flexibility index (Phi) is 7.78. The van der Waals surface area contributed by atoms with Crippen LogP contribution in [0.2, 0.25) is 0 Å². The van der Waals surface area contributed by atoms with E-state index in [2.05, 4.69) is 16.7 Å². The Morgan fingerprint density at radius 3 is 2.65 bits per heavy atom. The maximum absolute atomic E-state index is 11.9. The van der Waals surface area contributed by atoms with Crippen molar-refractivity contribution in [2.24, 2.45) is 16.3 Å². The Morgan fingerprint density at radius 2 is 2.18 bits per heavy atom. The molecule has 17 heavy (non-hydrogen) atoms. The molecule has 0 aliphatic rings. The van der Waals surface area contributed by atoms with E-state index in [0.29, 0.717) is 13.0 Å². The summed E-state index contributed by atoms with van der Waals surface area (Å²) in [5.74, 6) is 0.877. The van der Waals surface area contributed by atoms with E-state index < -0.39 is 5.41 Å². The Bertz CT molecular complexity index is 271. The molecule has 5 nitrogen and oxygen atoms in total. The van der Waals surface area contributed by atoms with E-state index in [4.69, 9.17) is 10.9 Å². The second kappa shape index (κ2) is 8.22. The third kappa shape index (κ3) is 4.85. The molecule has 0 aliphatic carbocycles. The van der Waals surface area contributed by atoms with Gasteiger partial charge in [-0.2, -0.15) is 11.8 Å². The van der Waals surface area contributed by atoms with Gasteiger partial charge in [-0.25, -0.2) is 0 Å². The highest BCUT2D eigenvalue weighted by atomic mass is 32.2. The van der Waals surface area contributed by atoms with E-state index in [1.165, 1.54) is 0 Å². The summed E-state index contributed by atoms with van der Waals surface area (Å²) < 4.78 is 0. The van der Waals surface area contributed by atoms with Gasteiger partial charge in [0.25, 0.3) is 0 Å². The number of hydrogen-bond donors (Lipinski definition) is 3. The Balaban J connectivity index is 4.18. The first kappa shape index (κ1) is 16.1. The number of nitrogens with one attached hydrogen (secondary N) is 1. The van der Waals surface area contributed by atoms with E-state index >= 15 is 0 Å². The first-order valence-electron chi connectivity index (χ1n) is 5.78. The number of amides is 1. The molecule has 0 heterocycles. The summed E-state index contributed by atoms with van der Waals surface area (Å²) in [4.78, 5) is 11.9. The van der Waals surface area contributed by atoms with Gasteiger partial charge in [0.1, 0.15) is 5.41 Å². The highest BCUT2D eigenvalue weighted by molar-refractivity contribution is 7.98. The van der Waals surface area contributed by atoms with Crippen LogP contribution in [-0.4, -0.2) is 35.5 Å². The predicted molar refractivity (Wildman–Crippen MR) is 72.4 cm³/mol. The van der Waals surface area contributed by atoms with Crippen LogP contribution in [0.4, 0.5) is 0 Å². The molecule has 4 N–H and O–H groups in total. The average molecular weight is 261 g/mol.